The summed E-state index contributed by atoms with van der Waals surface area (Å²) in [5, 5.41) is -0.519. The van der Waals surface area contributed by atoms with E-state index < -0.39 is 5.38 Å². The molecule has 172 valence electrons. The van der Waals surface area contributed by atoms with Crippen molar-refractivity contribution in [3.05, 3.63) is 51.9 Å². The Morgan fingerprint density at radius 1 is 1.06 bits per heavy atom. The van der Waals surface area contributed by atoms with Gasteiger partial charge in [0, 0.05) is 70.7 Å². The monoisotopic (exact) mass is 458 g/mol. The summed E-state index contributed by atoms with van der Waals surface area (Å²) in [6.45, 7) is 10.6. The Morgan fingerprint density at radius 3 is 2.38 bits per heavy atom. The fourth-order valence-electron chi connectivity index (χ4n) is 4.41. The van der Waals surface area contributed by atoms with E-state index in [1.165, 1.54) is 11.3 Å². The first-order valence-corrected chi connectivity index (χ1v) is 11.7. The average Bonchev–Trinajstić information content (AvgIpc) is 2.79. The summed E-state index contributed by atoms with van der Waals surface area (Å²) >= 11 is 5.93. The van der Waals surface area contributed by atoms with Gasteiger partial charge >= 0.3 is 0 Å². The van der Waals surface area contributed by atoms with Crippen LogP contribution in [0.15, 0.2) is 35.1 Å². The zero-order valence-electron chi connectivity index (χ0n) is 18.8. The third-order valence-corrected chi connectivity index (χ3v) is 6.41. The zero-order valence-corrected chi connectivity index (χ0v) is 19.5. The predicted molar refractivity (Wildman–Crippen MR) is 128 cm³/mol. The fraction of sp³-hybridized carbons (Fsp3) is 0.522. The first-order valence-electron chi connectivity index (χ1n) is 11.2. The van der Waals surface area contributed by atoms with Gasteiger partial charge in [-0.15, -0.1) is 11.6 Å². The number of piperazine rings is 2. The zero-order chi connectivity index (χ0) is 22.7. The summed E-state index contributed by atoms with van der Waals surface area (Å²) in [6.07, 6.45) is 0. The maximum absolute atomic E-state index is 12.3. The summed E-state index contributed by atoms with van der Waals surface area (Å²) < 4.78 is 0. The molecule has 0 aliphatic carbocycles. The van der Waals surface area contributed by atoms with Gasteiger partial charge in [0.1, 0.15) is 5.38 Å². The van der Waals surface area contributed by atoms with Crippen LogP contribution in [0.25, 0.3) is 0 Å². The van der Waals surface area contributed by atoms with Gasteiger partial charge in [-0.2, -0.15) is 0 Å². The van der Waals surface area contributed by atoms with E-state index in [2.05, 4.69) is 46.0 Å². The molecule has 8 nitrogen and oxygen atoms in total. The summed E-state index contributed by atoms with van der Waals surface area (Å²) in [6, 6.07) is 10.1. The minimum Gasteiger partial charge on any atom is -0.369 e. The van der Waals surface area contributed by atoms with Crippen molar-refractivity contribution in [2.24, 2.45) is 0 Å². The van der Waals surface area contributed by atoms with Gasteiger partial charge < -0.3 is 14.7 Å². The van der Waals surface area contributed by atoms with Crippen LogP contribution in [0.3, 0.4) is 0 Å². The lowest BCUT2D eigenvalue weighted by Crippen LogP contribution is -2.51. The molecule has 2 aliphatic heterocycles. The van der Waals surface area contributed by atoms with E-state index in [0.717, 1.165) is 31.9 Å². The van der Waals surface area contributed by atoms with Crippen molar-refractivity contribution >= 4 is 29.1 Å². The number of aromatic amines is 1. The molecule has 9 heteroatoms. The van der Waals surface area contributed by atoms with Crippen molar-refractivity contribution in [3.63, 3.8) is 0 Å². The van der Waals surface area contributed by atoms with Gasteiger partial charge in [0.15, 0.2) is 0 Å². The van der Waals surface area contributed by atoms with Crippen molar-refractivity contribution in [2.75, 3.05) is 62.2 Å². The number of carbonyl (C=O) groups is 1. The average molecular weight is 459 g/mol. The van der Waals surface area contributed by atoms with Crippen LogP contribution in [0.2, 0.25) is 0 Å². The lowest BCUT2D eigenvalue weighted by molar-refractivity contribution is -0.130. The highest BCUT2D eigenvalue weighted by Crippen LogP contribution is 2.21. The number of alkyl halides is 1. The summed E-state index contributed by atoms with van der Waals surface area (Å²) in [4.78, 5) is 40.6. The standard InChI is InChI=1S/C23H31ClN6O2/c1-17-5-3-4-6-20(17)28-9-7-27(8-10-28)16-19-15-21(31)26-23(25-19)30-13-11-29(12-14-30)22(32)18(2)24/h3-6,15,18H,7-14,16H2,1-2H3,(H,25,26,31). The number of anilines is 2. The lowest BCUT2D eigenvalue weighted by Gasteiger charge is -2.37. The maximum Gasteiger partial charge on any atom is 0.252 e. The summed E-state index contributed by atoms with van der Waals surface area (Å²) in [5.41, 5.74) is 3.23. The topological polar surface area (TPSA) is 75.8 Å². The van der Waals surface area contributed by atoms with Crippen LogP contribution >= 0.6 is 11.6 Å². The van der Waals surface area contributed by atoms with Crippen LogP contribution in [0.4, 0.5) is 11.6 Å². The van der Waals surface area contributed by atoms with Crippen molar-refractivity contribution in [3.8, 4) is 0 Å². The Labute approximate surface area is 193 Å². The fourth-order valence-corrected chi connectivity index (χ4v) is 4.55. The van der Waals surface area contributed by atoms with Gasteiger partial charge in [-0.3, -0.25) is 19.5 Å². The number of H-pyrrole nitrogens is 1. The molecule has 32 heavy (non-hydrogen) atoms. The predicted octanol–water partition coefficient (Wildman–Crippen LogP) is 1.68. The van der Waals surface area contributed by atoms with E-state index in [4.69, 9.17) is 16.6 Å². The second kappa shape index (κ2) is 9.92. The first kappa shape index (κ1) is 22.6. The van der Waals surface area contributed by atoms with Gasteiger partial charge in [-0.25, -0.2) is 4.98 Å². The molecule has 2 fully saturated rings. The molecular formula is C23H31ClN6O2. The molecule has 2 aromatic rings. The SMILES string of the molecule is Cc1ccccc1N1CCN(Cc2cc(=O)[nH]c(N3CCN(C(=O)C(C)Cl)CC3)n2)CC1. The van der Waals surface area contributed by atoms with E-state index in [9.17, 15) is 9.59 Å². The molecule has 1 aromatic carbocycles. The van der Waals surface area contributed by atoms with Gasteiger partial charge in [0.2, 0.25) is 11.9 Å². The van der Waals surface area contributed by atoms with Crippen LogP contribution in [0.5, 0.6) is 0 Å². The number of rotatable bonds is 5. The largest absolute Gasteiger partial charge is 0.369 e. The van der Waals surface area contributed by atoms with Crippen LogP contribution in [0, 0.1) is 6.92 Å². The molecular weight excluding hydrogens is 428 g/mol. The van der Waals surface area contributed by atoms with E-state index in [1.807, 2.05) is 4.90 Å². The Bertz CT molecular complexity index is 994. The highest BCUT2D eigenvalue weighted by molar-refractivity contribution is 6.30. The van der Waals surface area contributed by atoms with Gasteiger partial charge in [0.05, 0.1) is 5.69 Å². The number of halogens is 1. The van der Waals surface area contributed by atoms with E-state index >= 15 is 0 Å². The van der Waals surface area contributed by atoms with E-state index in [-0.39, 0.29) is 11.5 Å². The second-order valence-corrected chi connectivity index (χ2v) is 9.19. The number of benzene rings is 1. The number of nitrogens with zero attached hydrogens (tertiary/aromatic N) is 5. The summed E-state index contributed by atoms with van der Waals surface area (Å²) in [5.74, 6) is 0.531. The Kier molecular flexibility index (Phi) is 7.01. The number of amides is 1. The van der Waals surface area contributed by atoms with E-state index in [1.54, 1.807) is 17.9 Å². The van der Waals surface area contributed by atoms with Crippen molar-refractivity contribution in [1.29, 1.82) is 0 Å². The molecule has 0 spiro atoms. The molecule has 0 saturated carbocycles. The highest BCUT2D eigenvalue weighted by Gasteiger charge is 2.25. The number of aryl methyl sites for hydroxylation is 1. The molecule has 2 saturated heterocycles. The third kappa shape index (κ3) is 5.24. The van der Waals surface area contributed by atoms with Crippen LogP contribution < -0.4 is 15.4 Å². The molecule has 1 amide bonds. The number of nitrogens with one attached hydrogen (secondary N) is 1. The Morgan fingerprint density at radius 2 is 1.72 bits per heavy atom. The molecule has 1 N–H and O–H groups in total. The van der Waals surface area contributed by atoms with Crippen molar-refractivity contribution in [1.82, 2.24) is 19.8 Å². The normalized spacial score (nSPS) is 18.7. The quantitative estimate of drug-likeness (QED) is 0.687. The van der Waals surface area contributed by atoms with Gasteiger partial charge in [-0.05, 0) is 25.5 Å². The molecule has 3 heterocycles. The molecule has 0 radical (unpaired) electrons. The number of aromatic nitrogens is 2. The first-order chi connectivity index (χ1) is 15.4. The second-order valence-electron chi connectivity index (χ2n) is 8.54. The minimum absolute atomic E-state index is 0.0497. The van der Waals surface area contributed by atoms with E-state index in [0.29, 0.717) is 38.7 Å². The van der Waals surface area contributed by atoms with Gasteiger partial charge in [-0.1, -0.05) is 18.2 Å². The number of carbonyl (C=O) groups excluding carboxylic acids is 1. The minimum atomic E-state index is -0.519. The highest BCUT2D eigenvalue weighted by atomic mass is 35.5. The maximum atomic E-state index is 12.3. The molecule has 4 rings (SSSR count). The lowest BCUT2D eigenvalue weighted by atomic mass is 10.1. The van der Waals surface area contributed by atoms with Crippen LogP contribution in [-0.2, 0) is 11.3 Å². The number of para-hydroxylation sites is 1. The smallest absolute Gasteiger partial charge is 0.252 e. The Balaban J connectivity index is 1.35. The van der Waals surface area contributed by atoms with Gasteiger partial charge in [0.25, 0.3) is 5.56 Å². The Hall–Kier alpha value is -2.58. The van der Waals surface area contributed by atoms with Crippen LogP contribution in [-0.4, -0.2) is 83.4 Å². The third-order valence-electron chi connectivity index (χ3n) is 6.23. The summed E-state index contributed by atoms with van der Waals surface area (Å²) in [7, 11) is 0. The van der Waals surface area contributed by atoms with Crippen molar-refractivity contribution in [2.45, 2.75) is 25.8 Å². The molecule has 2 aliphatic rings. The molecule has 0 bridgehead atoms. The molecule has 1 atom stereocenters. The van der Waals surface area contributed by atoms with Crippen LogP contribution in [0.1, 0.15) is 18.2 Å². The number of hydrogen-bond donors (Lipinski definition) is 1. The number of hydrogen-bond acceptors (Lipinski definition) is 6. The molecule has 1 aromatic heterocycles. The molecule has 1 unspecified atom stereocenters. The van der Waals surface area contributed by atoms with Crippen molar-refractivity contribution < 1.29 is 4.79 Å².